The maximum atomic E-state index is 11.0. The van der Waals surface area contributed by atoms with Gasteiger partial charge in [0.25, 0.3) is 0 Å². The topological polar surface area (TPSA) is 63.3 Å². The molecule has 3 heteroatoms. The molecule has 0 aliphatic heterocycles. The molecule has 0 heterocycles. The molecular formula is C14H13NO2. The average Bonchev–Trinajstić information content (AvgIpc) is 2.32. The van der Waals surface area contributed by atoms with E-state index in [4.69, 9.17) is 5.73 Å². The highest BCUT2D eigenvalue weighted by Crippen LogP contribution is 2.28. The fourth-order valence-corrected chi connectivity index (χ4v) is 1.72. The van der Waals surface area contributed by atoms with Crippen LogP contribution in [0.15, 0.2) is 42.0 Å². The Bertz CT molecular complexity index is 615. The molecule has 0 fully saturated rings. The summed E-state index contributed by atoms with van der Waals surface area (Å²) in [4.78, 5) is 11.0. The van der Waals surface area contributed by atoms with Crippen LogP contribution in [-0.4, -0.2) is 11.0 Å². The van der Waals surface area contributed by atoms with Crippen LogP contribution < -0.4 is 5.73 Å². The summed E-state index contributed by atoms with van der Waals surface area (Å²) in [5, 5.41) is 11.7. The summed E-state index contributed by atoms with van der Waals surface area (Å²) >= 11 is 0. The largest absolute Gasteiger partial charge is 0.507 e. The highest BCUT2D eigenvalue weighted by molar-refractivity contribution is 6.00. The van der Waals surface area contributed by atoms with E-state index in [0.29, 0.717) is 11.1 Å². The van der Waals surface area contributed by atoms with Gasteiger partial charge in [0.15, 0.2) is 0 Å². The van der Waals surface area contributed by atoms with Crippen molar-refractivity contribution in [1.29, 1.82) is 0 Å². The Labute approximate surface area is 99.2 Å². The SMILES string of the molecule is C/C(=C\c1c(O)ccc2ccccc12)C(N)=O. The quantitative estimate of drug-likeness (QED) is 0.774. The molecule has 0 atom stereocenters. The number of fused-ring (bicyclic) bond motifs is 1. The predicted octanol–water partition coefficient (Wildman–Crippen LogP) is 2.43. The van der Waals surface area contributed by atoms with Crippen LogP contribution in [0.1, 0.15) is 12.5 Å². The molecule has 1 amide bonds. The van der Waals surface area contributed by atoms with Crippen LogP contribution in [0.25, 0.3) is 16.8 Å². The van der Waals surface area contributed by atoms with Gasteiger partial charge in [-0.15, -0.1) is 0 Å². The van der Waals surface area contributed by atoms with E-state index in [1.54, 1.807) is 19.1 Å². The summed E-state index contributed by atoms with van der Waals surface area (Å²) in [6.45, 7) is 1.63. The molecule has 86 valence electrons. The molecule has 17 heavy (non-hydrogen) atoms. The van der Waals surface area contributed by atoms with Crippen molar-refractivity contribution in [2.75, 3.05) is 0 Å². The maximum Gasteiger partial charge on any atom is 0.244 e. The Balaban J connectivity index is 2.71. The Morgan fingerprint density at radius 2 is 1.94 bits per heavy atom. The number of hydrogen-bond donors (Lipinski definition) is 2. The summed E-state index contributed by atoms with van der Waals surface area (Å²) in [5.74, 6) is -0.346. The van der Waals surface area contributed by atoms with Gasteiger partial charge in [0.1, 0.15) is 5.75 Å². The van der Waals surface area contributed by atoms with Gasteiger partial charge in [-0.1, -0.05) is 30.3 Å². The van der Waals surface area contributed by atoms with E-state index in [1.165, 1.54) is 0 Å². The molecule has 3 N–H and O–H groups in total. The van der Waals surface area contributed by atoms with Crippen LogP contribution in [-0.2, 0) is 4.79 Å². The van der Waals surface area contributed by atoms with E-state index in [-0.39, 0.29) is 5.75 Å². The fraction of sp³-hybridized carbons (Fsp3) is 0.0714. The van der Waals surface area contributed by atoms with Crippen molar-refractivity contribution < 1.29 is 9.90 Å². The van der Waals surface area contributed by atoms with Crippen molar-refractivity contribution in [2.24, 2.45) is 5.73 Å². The maximum absolute atomic E-state index is 11.0. The van der Waals surface area contributed by atoms with Gasteiger partial charge >= 0.3 is 0 Å². The molecule has 0 radical (unpaired) electrons. The second-order valence-electron chi connectivity index (χ2n) is 3.91. The van der Waals surface area contributed by atoms with Crippen molar-refractivity contribution in [3.63, 3.8) is 0 Å². The summed E-state index contributed by atoms with van der Waals surface area (Å²) in [6, 6.07) is 11.1. The first-order valence-electron chi connectivity index (χ1n) is 5.28. The monoisotopic (exact) mass is 227 g/mol. The Kier molecular flexibility index (Phi) is 2.83. The summed E-state index contributed by atoms with van der Waals surface area (Å²) in [7, 11) is 0. The Hall–Kier alpha value is -2.29. The predicted molar refractivity (Wildman–Crippen MR) is 68.5 cm³/mol. The highest BCUT2D eigenvalue weighted by atomic mass is 16.3. The molecule has 0 unspecified atom stereocenters. The van der Waals surface area contributed by atoms with Crippen LogP contribution in [0, 0.1) is 0 Å². The number of carbonyl (C=O) groups is 1. The molecule has 2 rings (SSSR count). The van der Waals surface area contributed by atoms with E-state index in [2.05, 4.69) is 0 Å². The van der Waals surface area contributed by atoms with Gasteiger partial charge in [0, 0.05) is 11.1 Å². The van der Waals surface area contributed by atoms with Crippen LogP contribution in [0.3, 0.4) is 0 Å². The van der Waals surface area contributed by atoms with Gasteiger partial charge in [-0.3, -0.25) is 4.79 Å². The van der Waals surface area contributed by atoms with Crippen molar-refractivity contribution >= 4 is 22.8 Å². The number of aromatic hydroxyl groups is 1. The van der Waals surface area contributed by atoms with Gasteiger partial charge in [0.05, 0.1) is 0 Å². The molecule has 0 bridgehead atoms. The zero-order valence-corrected chi connectivity index (χ0v) is 9.47. The Morgan fingerprint density at radius 1 is 1.24 bits per heavy atom. The van der Waals surface area contributed by atoms with Crippen LogP contribution >= 0.6 is 0 Å². The standard InChI is InChI=1S/C14H13NO2/c1-9(14(15)17)8-12-11-5-3-2-4-10(11)6-7-13(12)16/h2-8,16H,1H3,(H2,15,17)/b9-8+. The number of nitrogens with two attached hydrogens (primary N) is 1. The number of hydrogen-bond acceptors (Lipinski definition) is 2. The van der Waals surface area contributed by atoms with Crippen molar-refractivity contribution in [3.05, 3.63) is 47.5 Å². The van der Waals surface area contributed by atoms with E-state index in [1.807, 2.05) is 30.3 Å². The molecule has 3 nitrogen and oxygen atoms in total. The van der Waals surface area contributed by atoms with Crippen LogP contribution in [0.2, 0.25) is 0 Å². The lowest BCUT2D eigenvalue weighted by molar-refractivity contribution is -0.114. The second-order valence-corrected chi connectivity index (χ2v) is 3.91. The van der Waals surface area contributed by atoms with Crippen molar-refractivity contribution in [3.8, 4) is 5.75 Å². The Morgan fingerprint density at radius 3 is 2.65 bits per heavy atom. The minimum atomic E-state index is -0.489. The van der Waals surface area contributed by atoms with E-state index in [0.717, 1.165) is 10.8 Å². The lowest BCUT2D eigenvalue weighted by atomic mass is 10.0. The van der Waals surface area contributed by atoms with Gasteiger partial charge in [-0.05, 0) is 29.8 Å². The van der Waals surface area contributed by atoms with Crippen molar-refractivity contribution in [2.45, 2.75) is 6.92 Å². The van der Waals surface area contributed by atoms with Gasteiger partial charge in [0.2, 0.25) is 5.91 Å². The lowest BCUT2D eigenvalue weighted by Gasteiger charge is -2.06. The minimum absolute atomic E-state index is 0.143. The lowest BCUT2D eigenvalue weighted by Crippen LogP contribution is -2.11. The molecule has 0 aliphatic carbocycles. The number of rotatable bonds is 2. The van der Waals surface area contributed by atoms with E-state index >= 15 is 0 Å². The zero-order chi connectivity index (χ0) is 12.4. The van der Waals surface area contributed by atoms with Crippen molar-refractivity contribution in [1.82, 2.24) is 0 Å². The number of primary amides is 1. The average molecular weight is 227 g/mol. The van der Waals surface area contributed by atoms with Gasteiger partial charge in [-0.2, -0.15) is 0 Å². The fourth-order valence-electron chi connectivity index (χ4n) is 1.72. The zero-order valence-electron chi connectivity index (χ0n) is 9.47. The summed E-state index contributed by atoms with van der Waals surface area (Å²) in [6.07, 6.45) is 1.61. The molecule has 0 saturated carbocycles. The van der Waals surface area contributed by atoms with E-state index in [9.17, 15) is 9.90 Å². The first kappa shape index (κ1) is 11.2. The molecule has 0 aliphatic rings. The second kappa shape index (κ2) is 4.29. The number of benzene rings is 2. The molecule has 0 saturated heterocycles. The molecular weight excluding hydrogens is 214 g/mol. The first-order valence-corrected chi connectivity index (χ1v) is 5.28. The van der Waals surface area contributed by atoms with Crippen LogP contribution in [0.4, 0.5) is 0 Å². The number of amides is 1. The summed E-state index contributed by atoms with van der Waals surface area (Å²) < 4.78 is 0. The molecule has 2 aromatic carbocycles. The van der Waals surface area contributed by atoms with E-state index < -0.39 is 5.91 Å². The third kappa shape index (κ3) is 2.13. The smallest absolute Gasteiger partial charge is 0.244 e. The van der Waals surface area contributed by atoms with Gasteiger partial charge in [-0.25, -0.2) is 0 Å². The number of carbonyl (C=O) groups excluding carboxylic acids is 1. The number of phenolic OH excluding ortho intramolecular Hbond substituents is 1. The molecule has 0 aromatic heterocycles. The highest BCUT2D eigenvalue weighted by Gasteiger charge is 2.06. The third-order valence-corrected chi connectivity index (χ3v) is 2.70. The third-order valence-electron chi connectivity index (χ3n) is 2.70. The normalized spacial score (nSPS) is 11.7. The molecule has 0 spiro atoms. The summed E-state index contributed by atoms with van der Waals surface area (Å²) in [5.41, 5.74) is 6.23. The number of phenols is 1. The first-order chi connectivity index (χ1) is 8.09. The molecule has 2 aromatic rings. The minimum Gasteiger partial charge on any atom is -0.507 e. The van der Waals surface area contributed by atoms with Gasteiger partial charge < -0.3 is 10.8 Å². The van der Waals surface area contributed by atoms with Crippen LogP contribution in [0.5, 0.6) is 5.75 Å².